The molecule has 0 fully saturated rings. The second-order valence-electron chi connectivity index (χ2n) is 8.64. The second-order valence-corrected chi connectivity index (χ2v) is 14.1. The number of hydrogen-bond donors (Lipinski definition) is 0. The van der Waals surface area contributed by atoms with Crippen molar-refractivity contribution in [3.63, 3.8) is 0 Å². The molecule has 0 aromatic heterocycles. The number of hydrogen-bond acceptors (Lipinski definition) is 3. The lowest BCUT2D eigenvalue weighted by atomic mass is 9.85. The molecule has 2 aromatic rings. The molecule has 0 bridgehead atoms. The number of rotatable bonds is 9. The van der Waals surface area contributed by atoms with Crippen LogP contribution in [0.2, 0.25) is 16.6 Å². The van der Waals surface area contributed by atoms with Gasteiger partial charge >= 0.3 is 0 Å². The Kier molecular flexibility index (Phi) is 7.82. The van der Waals surface area contributed by atoms with Crippen LogP contribution in [0.1, 0.15) is 58.8 Å². The van der Waals surface area contributed by atoms with Crippen LogP contribution in [0.3, 0.4) is 0 Å². The van der Waals surface area contributed by atoms with Crippen molar-refractivity contribution < 1.29 is 9.16 Å². The molecule has 3 nitrogen and oxygen atoms in total. The number of nitrogens with zero attached hydrogens (tertiary/aromatic N) is 1. The van der Waals surface area contributed by atoms with E-state index in [-0.39, 0.29) is 0 Å². The Morgan fingerprint density at radius 2 is 1.24 bits per heavy atom. The van der Waals surface area contributed by atoms with E-state index in [0.29, 0.717) is 16.6 Å². The zero-order chi connectivity index (χ0) is 21.7. The van der Waals surface area contributed by atoms with E-state index >= 15 is 0 Å². The zero-order valence-corrected chi connectivity index (χ0v) is 19.8. The van der Waals surface area contributed by atoms with Crippen LogP contribution >= 0.6 is 0 Å². The van der Waals surface area contributed by atoms with Crippen molar-refractivity contribution in [2.75, 3.05) is 7.11 Å². The molecule has 0 aliphatic rings. The van der Waals surface area contributed by atoms with Gasteiger partial charge in [0.05, 0.1) is 0 Å². The Balaban J connectivity index is 2.75. The Morgan fingerprint density at radius 1 is 0.793 bits per heavy atom. The molecule has 0 radical (unpaired) electrons. The largest absolute Gasteiger partial charge is 0.405 e. The Bertz CT molecular complexity index is 777. The molecule has 29 heavy (non-hydrogen) atoms. The molecular formula is C25H35NO2Si. The molecule has 2 atom stereocenters. The fourth-order valence-electron chi connectivity index (χ4n) is 4.86. The molecule has 2 rings (SSSR count). The number of benzene rings is 2. The first-order chi connectivity index (χ1) is 13.8. The van der Waals surface area contributed by atoms with E-state index in [1.165, 1.54) is 0 Å². The van der Waals surface area contributed by atoms with Crippen molar-refractivity contribution in [3.05, 3.63) is 71.8 Å². The quantitative estimate of drug-likeness (QED) is 0.419. The molecule has 2 unspecified atom stereocenters. The third-order valence-corrected chi connectivity index (χ3v) is 12.2. The standard InChI is InChI=1S/C25H35NO2Si/c1-19(2)29(20(3)4,21(5)6)28-24(22-14-10-8-11-15-22)25(18-26,27-7)23-16-12-9-13-17-23/h8-17,19-21,24H,1-7H3. The van der Waals surface area contributed by atoms with Crippen molar-refractivity contribution in [1.29, 1.82) is 5.26 Å². The van der Waals surface area contributed by atoms with E-state index in [4.69, 9.17) is 9.16 Å². The van der Waals surface area contributed by atoms with Crippen molar-refractivity contribution in [2.24, 2.45) is 0 Å². The molecule has 4 heteroatoms. The summed E-state index contributed by atoms with van der Waals surface area (Å²) in [5.74, 6) is 0. The van der Waals surface area contributed by atoms with Crippen LogP contribution in [-0.4, -0.2) is 15.4 Å². The van der Waals surface area contributed by atoms with Gasteiger partial charge in [0.1, 0.15) is 12.2 Å². The van der Waals surface area contributed by atoms with Crippen molar-refractivity contribution >= 4 is 8.32 Å². The topological polar surface area (TPSA) is 42.2 Å². The third-order valence-electron chi connectivity index (χ3n) is 6.19. The van der Waals surface area contributed by atoms with Crippen LogP contribution in [-0.2, 0) is 14.8 Å². The Morgan fingerprint density at radius 3 is 1.62 bits per heavy atom. The summed E-state index contributed by atoms with van der Waals surface area (Å²) in [6.07, 6.45) is -0.514. The summed E-state index contributed by atoms with van der Waals surface area (Å²) in [6.45, 7) is 13.6. The summed E-state index contributed by atoms with van der Waals surface area (Å²) >= 11 is 0. The van der Waals surface area contributed by atoms with Crippen molar-refractivity contribution in [1.82, 2.24) is 0 Å². The maximum absolute atomic E-state index is 10.4. The van der Waals surface area contributed by atoms with Gasteiger partial charge in [-0.2, -0.15) is 5.26 Å². The first kappa shape index (κ1) is 23.3. The minimum Gasteiger partial charge on any atom is -0.405 e. The van der Waals surface area contributed by atoms with Crippen LogP contribution in [0, 0.1) is 11.3 Å². The molecule has 0 amide bonds. The Labute approximate surface area is 177 Å². The number of nitriles is 1. The molecule has 0 aliphatic carbocycles. The number of ether oxygens (including phenoxy) is 1. The van der Waals surface area contributed by atoms with Crippen molar-refractivity contribution in [2.45, 2.75) is 69.9 Å². The zero-order valence-electron chi connectivity index (χ0n) is 18.8. The first-order valence-electron chi connectivity index (χ1n) is 10.5. The molecule has 2 aromatic carbocycles. The highest BCUT2D eigenvalue weighted by Crippen LogP contribution is 2.50. The van der Waals surface area contributed by atoms with Gasteiger partial charge in [-0.3, -0.25) is 0 Å². The summed E-state index contributed by atoms with van der Waals surface area (Å²) in [5.41, 5.74) is 1.77. The fraction of sp³-hybridized carbons (Fsp3) is 0.480. The van der Waals surface area contributed by atoms with Crippen LogP contribution in [0.4, 0.5) is 0 Å². The molecule has 0 heterocycles. The van der Waals surface area contributed by atoms with Gasteiger partial charge in [0.25, 0.3) is 0 Å². The molecule has 0 N–H and O–H groups in total. The highest BCUT2D eigenvalue weighted by molar-refractivity contribution is 6.77. The van der Waals surface area contributed by atoms with E-state index < -0.39 is 20.0 Å². The predicted molar refractivity (Wildman–Crippen MR) is 122 cm³/mol. The summed E-state index contributed by atoms with van der Waals surface area (Å²) in [5, 5.41) is 10.4. The Hall–Kier alpha value is -1.93. The van der Waals surface area contributed by atoms with Crippen LogP contribution in [0.15, 0.2) is 60.7 Å². The average Bonchev–Trinajstić information content (AvgIpc) is 2.72. The van der Waals surface area contributed by atoms with Gasteiger partial charge < -0.3 is 9.16 Å². The maximum atomic E-state index is 10.4. The summed E-state index contributed by atoms with van der Waals surface area (Å²) < 4.78 is 13.2. The summed E-state index contributed by atoms with van der Waals surface area (Å²) in [7, 11) is -0.670. The third kappa shape index (κ3) is 4.33. The monoisotopic (exact) mass is 409 g/mol. The minimum atomic E-state index is -2.28. The smallest absolute Gasteiger partial charge is 0.208 e. The van der Waals surface area contributed by atoms with Crippen molar-refractivity contribution in [3.8, 4) is 6.07 Å². The van der Waals surface area contributed by atoms with E-state index in [1.54, 1.807) is 7.11 Å². The molecule has 156 valence electrons. The van der Waals surface area contributed by atoms with Gasteiger partial charge in [-0.25, -0.2) is 0 Å². The van der Waals surface area contributed by atoms with Gasteiger partial charge in [0.2, 0.25) is 13.9 Å². The van der Waals surface area contributed by atoms with Gasteiger partial charge in [-0.05, 0) is 22.2 Å². The molecule has 0 saturated heterocycles. The fourth-order valence-corrected chi connectivity index (χ4v) is 10.4. The highest BCUT2D eigenvalue weighted by atomic mass is 28.4. The van der Waals surface area contributed by atoms with Gasteiger partial charge in [0.15, 0.2) is 0 Å². The predicted octanol–water partition coefficient (Wildman–Crippen LogP) is 6.99. The van der Waals surface area contributed by atoms with Crippen LogP contribution in [0.5, 0.6) is 0 Å². The minimum absolute atomic E-state index is 0.401. The highest BCUT2D eigenvalue weighted by Gasteiger charge is 2.52. The molecular weight excluding hydrogens is 374 g/mol. The summed E-state index contributed by atoms with van der Waals surface area (Å²) in [4.78, 5) is 0. The van der Waals surface area contributed by atoms with E-state index in [0.717, 1.165) is 11.1 Å². The van der Waals surface area contributed by atoms with Crippen LogP contribution < -0.4 is 0 Å². The van der Waals surface area contributed by atoms with E-state index in [1.807, 2.05) is 60.7 Å². The lowest BCUT2D eigenvalue weighted by Crippen LogP contribution is -2.52. The van der Waals surface area contributed by atoms with Crippen LogP contribution in [0.25, 0.3) is 0 Å². The summed E-state index contributed by atoms with van der Waals surface area (Å²) in [6, 6.07) is 22.3. The SMILES string of the molecule is COC(C#N)(c1ccccc1)C(O[Si](C(C)C)(C(C)C)C(C)C)c1ccccc1. The van der Waals surface area contributed by atoms with E-state index in [2.05, 4.69) is 47.6 Å². The van der Waals surface area contributed by atoms with Gasteiger partial charge in [0, 0.05) is 12.7 Å². The molecule has 0 saturated carbocycles. The average molecular weight is 410 g/mol. The molecule has 0 spiro atoms. The van der Waals surface area contributed by atoms with E-state index in [9.17, 15) is 5.26 Å². The maximum Gasteiger partial charge on any atom is 0.208 e. The lowest BCUT2D eigenvalue weighted by Gasteiger charge is -2.47. The lowest BCUT2D eigenvalue weighted by molar-refractivity contribution is -0.0651. The molecule has 0 aliphatic heterocycles. The first-order valence-corrected chi connectivity index (χ1v) is 12.6. The number of methoxy groups -OCH3 is 1. The normalized spacial score (nSPS) is 15.3. The van der Waals surface area contributed by atoms with Gasteiger partial charge in [-0.15, -0.1) is 0 Å². The second kappa shape index (κ2) is 9.71. The van der Waals surface area contributed by atoms with Gasteiger partial charge in [-0.1, -0.05) is 102 Å².